The van der Waals surface area contributed by atoms with E-state index in [2.05, 4.69) is 24.9 Å². The standard InChI is InChI=1S/C21H19N7OS/c22-19-18-20(24-13-23-19)28(10-11-29-14-6-2-1-3-7-14)21(27-18)30-12-17-25-15-8-4-5-9-16(15)26-17/h1-9,13H,10-12H2,(H,25,26)(H2,22,23,24). The van der Waals surface area contributed by atoms with Gasteiger partial charge in [-0.1, -0.05) is 42.1 Å². The smallest absolute Gasteiger partial charge is 0.170 e. The predicted octanol–water partition coefficient (Wildman–Crippen LogP) is 3.66. The van der Waals surface area contributed by atoms with Crippen molar-refractivity contribution in [2.24, 2.45) is 0 Å². The Kier molecular flexibility index (Phi) is 4.94. The Bertz CT molecular complexity index is 1270. The van der Waals surface area contributed by atoms with Crippen LogP contribution in [0.1, 0.15) is 5.82 Å². The van der Waals surface area contributed by atoms with Crippen LogP contribution < -0.4 is 10.5 Å². The van der Waals surface area contributed by atoms with Gasteiger partial charge < -0.3 is 20.0 Å². The van der Waals surface area contributed by atoms with Gasteiger partial charge in [0, 0.05) is 0 Å². The molecule has 0 saturated carbocycles. The zero-order chi connectivity index (χ0) is 20.3. The van der Waals surface area contributed by atoms with Gasteiger partial charge in [-0.3, -0.25) is 0 Å². The van der Waals surface area contributed by atoms with Gasteiger partial charge in [-0.15, -0.1) is 0 Å². The number of benzene rings is 2. The van der Waals surface area contributed by atoms with Crippen LogP contribution in [-0.4, -0.2) is 36.1 Å². The maximum absolute atomic E-state index is 6.03. The summed E-state index contributed by atoms with van der Waals surface area (Å²) in [5, 5.41) is 0.800. The first-order valence-electron chi connectivity index (χ1n) is 9.49. The summed E-state index contributed by atoms with van der Waals surface area (Å²) in [4.78, 5) is 21.1. The molecule has 0 aliphatic heterocycles. The second-order valence-electron chi connectivity index (χ2n) is 6.63. The number of anilines is 1. The molecule has 0 aliphatic rings. The largest absolute Gasteiger partial charge is 0.492 e. The van der Waals surface area contributed by atoms with Gasteiger partial charge in [0.1, 0.15) is 24.5 Å². The number of thioether (sulfide) groups is 1. The highest BCUT2D eigenvalue weighted by molar-refractivity contribution is 7.98. The maximum atomic E-state index is 6.03. The predicted molar refractivity (Wildman–Crippen MR) is 117 cm³/mol. The van der Waals surface area contributed by atoms with E-state index in [1.807, 2.05) is 59.2 Å². The Morgan fingerprint density at radius 3 is 2.70 bits per heavy atom. The Morgan fingerprint density at radius 1 is 1.00 bits per heavy atom. The maximum Gasteiger partial charge on any atom is 0.170 e. The number of nitrogen functional groups attached to an aromatic ring is 1. The minimum atomic E-state index is 0.369. The van der Waals surface area contributed by atoms with Gasteiger partial charge in [-0.25, -0.2) is 19.9 Å². The lowest BCUT2D eigenvalue weighted by Gasteiger charge is -2.09. The van der Waals surface area contributed by atoms with Crippen LogP contribution in [0, 0.1) is 0 Å². The third-order valence-corrected chi connectivity index (χ3v) is 5.62. The third-order valence-electron chi connectivity index (χ3n) is 4.63. The summed E-state index contributed by atoms with van der Waals surface area (Å²) in [6, 6.07) is 17.7. The van der Waals surface area contributed by atoms with E-state index in [9.17, 15) is 0 Å². The Hall–Kier alpha value is -3.59. The van der Waals surface area contributed by atoms with Crippen LogP contribution in [0.25, 0.3) is 22.2 Å². The molecule has 0 atom stereocenters. The molecule has 150 valence electrons. The molecule has 0 bridgehead atoms. The first kappa shape index (κ1) is 18.4. The van der Waals surface area contributed by atoms with Gasteiger partial charge in [-0.05, 0) is 24.3 Å². The number of ether oxygens (including phenoxy) is 1. The lowest BCUT2D eigenvalue weighted by Crippen LogP contribution is -2.10. The van der Waals surface area contributed by atoms with Crippen LogP contribution in [0.4, 0.5) is 5.82 Å². The summed E-state index contributed by atoms with van der Waals surface area (Å²) in [7, 11) is 0. The average molecular weight is 417 g/mol. The first-order chi connectivity index (χ1) is 14.8. The van der Waals surface area contributed by atoms with Gasteiger partial charge in [0.2, 0.25) is 0 Å². The van der Waals surface area contributed by atoms with Crippen LogP contribution in [0.5, 0.6) is 5.75 Å². The van der Waals surface area contributed by atoms with Gasteiger partial charge in [0.15, 0.2) is 22.1 Å². The van der Waals surface area contributed by atoms with Crippen molar-refractivity contribution in [3.63, 3.8) is 0 Å². The van der Waals surface area contributed by atoms with Crippen molar-refractivity contribution in [2.75, 3.05) is 12.3 Å². The summed E-state index contributed by atoms with van der Waals surface area (Å²) < 4.78 is 7.88. The number of aromatic amines is 1. The number of nitrogens with one attached hydrogen (secondary N) is 1. The van der Waals surface area contributed by atoms with Crippen molar-refractivity contribution < 1.29 is 4.74 Å². The van der Waals surface area contributed by atoms with E-state index in [1.54, 1.807) is 11.8 Å². The molecule has 5 aromatic rings. The number of rotatable bonds is 7. The molecule has 2 aromatic carbocycles. The summed E-state index contributed by atoms with van der Waals surface area (Å²) in [6.07, 6.45) is 1.46. The second-order valence-corrected chi connectivity index (χ2v) is 7.57. The van der Waals surface area contributed by atoms with Crippen LogP contribution in [0.15, 0.2) is 66.1 Å². The number of H-pyrrole nitrogens is 1. The summed E-state index contributed by atoms with van der Waals surface area (Å²) in [6.45, 7) is 1.07. The lowest BCUT2D eigenvalue weighted by molar-refractivity contribution is 0.295. The number of fused-ring (bicyclic) bond motifs is 2. The molecule has 0 spiro atoms. The van der Waals surface area contributed by atoms with Gasteiger partial charge >= 0.3 is 0 Å². The number of imidazole rings is 2. The highest BCUT2D eigenvalue weighted by Gasteiger charge is 2.16. The summed E-state index contributed by atoms with van der Waals surface area (Å²) >= 11 is 1.58. The molecule has 30 heavy (non-hydrogen) atoms. The van der Waals surface area contributed by atoms with Crippen molar-refractivity contribution in [3.8, 4) is 5.75 Å². The number of para-hydroxylation sites is 3. The van der Waals surface area contributed by atoms with Gasteiger partial charge in [0.05, 0.1) is 23.3 Å². The van der Waals surface area contributed by atoms with E-state index in [-0.39, 0.29) is 0 Å². The topological polar surface area (TPSA) is 108 Å². The van der Waals surface area contributed by atoms with E-state index in [4.69, 9.17) is 10.5 Å². The highest BCUT2D eigenvalue weighted by Crippen LogP contribution is 2.27. The molecule has 3 heterocycles. The lowest BCUT2D eigenvalue weighted by atomic mass is 10.3. The van der Waals surface area contributed by atoms with E-state index < -0.39 is 0 Å². The molecule has 9 heteroatoms. The molecular formula is C21H19N7OS. The number of nitrogens with two attached hydrogens (primary N) is 1. The van der Waals surface area contributed by atoms with Crippen LogP contribution in [0.3, 0.4) is 0 Å². The van der Waals surface area contributed by atoms with Crippen molar-refractivity contribution in [2.45, 2.75) is 17.5 Å². The molecule has 0 fully saturated rings. The number of aromatic nitrogens is 6. The fraction of sp³-hybridized carbons (Fsp3) is 0.143. The first-order valence-corrected chi connectivity index (χ1v) is 10.5. The number of hydrogen-bond donors (Lipinski definition) is 2. The third kappa shape index (κ3) is 3.67. The fourth-order valence-electron chi connectivity index (χ4n) is 3.22. The SMILES string of the molecule is Nc1ncnc2c1nc(SCc1nc3ccccc3[nH]1)n2CCOc1ccccc1. The molecule has 3 N–H and O–H groups in total. The van der Waals surface area contributed by atoms with Gasteiger partial charge in [-0.2, -0.15) is 0 Å². The number of hydrogen-bond acceptors (Lipinski definition) is 7. The molecule has 8 nitrogen and oxygen atoms in total. The minimum Gasteiger partial charge on any atom is -0.492 e. The van der Waals surface area contributed by atoms with E-state index in [0.29, 0.717) is 35.9 Å². The zero-order valence-corrected chi connectivity index (χ0v) is 16.8. The Labute approximate surface area is 176 Å². The van der Waals surface area contributed by atoms with Crippen LogP contribution in [-0.2, 0) is 12.3 Å². The average Bonchev–Trinajstić information content (AvgIpc) is 3.35. The highest BCUT2D eigenvalue weighted by atomic mass is 32.2. The molecule has 0 saturated heterocycles. The molecule has 0 radical (unpaired) electrons. The second kappa shape index (κ2) is 8.03. The van der Waals surface area contributed by atoms with Crippen molar-refractivity contribution in [1.82, 2.24) is 29.5 Å². The monoisotopic (exact) mass is 417 g/mol. The summed E-state index contributed by atoms with van der Waals surface area (Å²) in [5.41, 5.74) is 9.31. The number of nitrogens with zero attached hydrogens (tertiary/aromatic N) is 5. The molecule has 0 amide bonds. The van der Waals surface area contributed by atoms with Crippen molar-refractivity contribution in [3.05, 3.63) is 66.7 Å². The van der Waals surface area contributed by atoms with E-state index >= 15 is 0 Å². The van der Waals surface area contributed by atoms with Crippen molar-refractivity contribution in [1.29, 1.82) is 0 Å². The molecule has 0 unspecified atom stereocenters. The Balaban J connectivity index is 1.38. The fourth-order valence-corrected chi connectivity index (χ4v) is 4.12. The molecule has 5 rings (SSSR count). The van der Waals surface area contributed by atoms with Crippen molar-refractivity contribution >= 4 is 39.8 Å². The summed E-state index contributed by atoms with van der Waals surface area (Å²) in [5.74, 6) is 2.73. The zero-order valence-electron chi connectivity index (χ0n) is 16.0. The molecular weight excluding hydrogens is 398 g/mol. The normalized spacial score (nSPS) is 11.3. The quantitative estimate of drug-likeness (QED) is 0.389. The van der Waals surface area contributed by atoms with E-state index in [0.717, 1.165) is 27.8 Å². The Morgan fingerprint density at radius 2 is 1.83 bits per heavy atom. The minimum absolute atomic E-state index is 0.369. The van der Waals surface area contributed by atoms with Crippen LogP contribution >= 0.6 is 11.8 Å². The molecule has 0 aliphatic carbocycles. The molecule has 3 aromatic heterocycles. The van der Waals surface area contributed by atoms with Gasteiger partial charge in [0.25, 0.3) is 0 Å². The van der Waals surface area contributed by atoms with Crippen LogP contribution in [0.2, 0.25) is 0 Å². The van der Waals surface area contributed by atoms with E-state index in [1.165, 1.54) is 6.33 Å².